The van der Waals surface area contributed by atoms with Crippen LogP contribution in [0.25, 0.3) is 0 Å². The third-order valence-electron chi connectivity index (χ3n) is 6.61. The number of hydrogen-bond donors (Lipinski definition) is 1. The van der Waals surface area contributed by atoms with Crippen LogP contribution in [0.2, 0.25) is 0 Å². The van der Waals surface area contributed by atoms with Crippen molar-refractivity contribution in [3.8, 4) is 11.5 Å². The highest BCUT2D eigenvalue weighted by molar-refractivity contribution is 9.10. The Morgan fingerprint density at radius 3 is 2.03 bits per heavy atom. The van der Waals surface area contributed by atoms with E-state index in [9.17, 15) is 14.4 Å². The van der Waals surface area contributed by atoms with Crippen LogP contribution in [-0.2, 0) is 19.1 Å². The molecule has 2 N–H and O–H groups in total. The maximum absolute atomic E-state index is 13.5. The van der Waals surface area contributed by atoms with Gasteiger partial charge in [-0.1, -0.05) is 27.7 Å². The second kappa shape index (κ2) is 9.12. The Bertz CT molecular complexity index is 1120. The average Bonchev–Trinajstić information content (AvgIpc) is 2.69. The second-order valence-electron chi connectivity index (χ2n) is 11.1. The minimum atomic E-state index is -0.608. The zero-order chi connectivity index (χ0) is 25.7. The molecule has 0 saturated heterocycles. The van der Waals surface area contributed by atoms with Gasteiger partial charge in [-0.25, -0.2) is 0 Å². The van der Waals surface area contributed by atoms with Gasteiger partial charge >= 0.3 is 0 Å². The predicted molar refractivity (Wildman–Crippen MR) is 134 cm³/mol. The van der Waals surface area contributed by atoms with Crippen molar-refractivity contribution >= 4 is 33.4 Å². The van der Waals surface area contributed by atoms with Crippen molar-refractivity contribution in [3.05, 3.63) is 44.8 Å². The molecule has 0 unspecified atom stereocenters. The van der Waals surface area contributed by atoms with Crippen molar-refractivity contribution in [1.29, 1.82) is 0 Å². The molecular weight excluding hydrogens is 514 g/mol. The molecule has 0 spiro atoms. The first-order valence-electron chi connectivity index (χ1n) is 11.9. The van der Waals surface area contributed by atoms with E-state index in [1.807, 2.05) is 13.0 Å². The summed E-state index contributed by atoms with van der Waals surface area (Å²) in [4.78, 5) is 38.3. The highest BCUT2D eigenvalue weighted by Gasteiger charge is 2.48. The van der Waals surface area contributed by atoms with Gasteiger partial charge in [-0.2, -0.15) is 0 Å². The van der Waals surface area contributed by atoms with Crippen molar-refractivity contribution < 1.29 is 28.6 Å². The van der Waals surface area contributed by atoms with E-state index >= 15 is 0 Å². The molecule has 7 nitrogen and oxygen atoms in total. The molecule has 0 radical (unpaired) electrons. The molecule has 1 heterocycles. The van der Waals surface area contributed by atoms with Crippen LogP contribution in [-0.4, -0.2) is 30.7 Å². The van der Waals surface area contributed by atoms with Crippen LogP contribution in [0, 0.1) is 10.8 Å². The standard InChI is InChI=1S/C27H32BrNO6/c1-6-33-18-8-14(7-15(28)25(18)34-13-21(29)32)22-23-16(30)9-26(2,3)11-19(23)35-20-12-27(4,5)10-17(31)24(20)22/h7-8,22H,6,9-13H2,1-5H3,(H2,29,32). The first-order valence-corrected chi connectivity index (χ1v) is 12.7. The smallest absolute Gasteiger partial charge is 0.255 e. The normalized spacial score (nSPS) is 21.3. The lowest BCUT2D eigenvalue weighted by molar-refractivity contribution is -0.121. The number of halogens is 1. The molecular formula is C27H32BrNO6. The summed E-state index contributed by atoms with van der Waals surface area (Å²) >= 11 is 3.54. The van der Waals surface area contributed by atoms with Crippen molar-refractivity contribution in [1.82, 2.24) is 0 Å². The first-order chi connectivity index (χ1) is 16.3. The van der Waals surface area contributed by atoms with Crippen LogP contribution in [0.15, 0.2) is 39.3 Å². The quantitative estimate of drug-likeness (QED) is 0.532. The number of benzene rings is 1. The highest BCUT2D eigenvalue weighted by Crippen LogP contribution is 2.54. The molecule has 0 saturated carbocycles. The molecule has 3 aliphatic rings. The third kappa shape index (κ3) is 5.03. The summed E-state index contributed by atoms with van der Waals surface area (Å²) in [6.45, 7) is 10.1. The first kappa shape index (κ1) is 25.5. The van der Waals surface area contributed by atoms with Gasteiger partial charge in [0.25, 0.3) is 5.91 Å². The number of amides is 1. The number of carbonyl (C=O) groups excluding carboxylic acids is 3. The summed E-state index contributed by atoms with van der Waals surface area (Å²) in [6.07, 6.45) is 2.01. The van der Waals surface area contributed by atoms with E-state index in [0.717, 1.165) is 5.56 Å². The number of ether oxygens (including phenoxy) is 3. The summed E-state index contributed by atoms with van der Waals surface area (Å²) in [7, 11) is 0. The van der Waals surface area contributed by atoms with Crippen molar-refractivity contribution in [2.75, 3.05) is 13.2 Å². The SMILES string of the molecule is CCOc1cc(C2C3=C(CC(C)(C)CC3=O)OC3=C2C(=O)CC(C)(C)C3)cc(Br)c1OCC(N)=O. The van der Waals surface area contributed by atoms with E-state index in [1.54, 1.807) is 6.07 Å². The molecule has 0 aromatic heterocycles. The number of carbonyl (C=O) groups is 3. The van der Waals surface area contributed by atoms with Gasteiger partial charge in [-0.3, -0.25) is 14.4 Å². The summed E-state index contributed by atoms with van der Waals surface area (Å²) < 4.78 is 18.3. The summed E-state index contributed by atoms with van der Waals surface area (Å²) in [5.41, 5.74) is 6.65. The fourth-order valence-corrected chi connectivity index (χ4v) is 5.88. The molecule has 1 aliphatic heterocycles. The Balaban J connectivity index is 1.90. The van der Waals surface area contributed by atoms with Crippen molar-refractivity contribution in [2.45, 2.75) is 66.2 Å². The minimum absolute atomic E-state index is 0.00595. The number of hydrogen-bond acceptors (Lipinski definition) is 6. The molecule has 1 amide bonds. The van der Waals surface area contributed by atoms with Crippen LogP contribution in [0.3, 0.4) is 0 Å². The Morgan fingerprint density at radius 1 is 1.00 bits per heavy atom. The summed E-state index contributed by atoms with van der Waals surface area (Å²) in [6, 6.07) is 3.61. The van der Waals surface area contributed by atoms with Crippen molar-refractivity contribution in [3.63, 3.8) is 0 Å². The van der Waals surface area contributed by atoms with Gasteiger partial charge in [0.15, 0.2) is 29.7 Å². The fraction of sp³-hybridized carbons (Fsp3) is 0.519. The lowest BCUT2D eigenvalue weighted by Crippen LogP contribution is -2.37. The van der Waals surface area contributed by atoms with Crippen LogP contribution in [0.1, 0.15) is 71.8 Å². The van der Waals surface area contributed by atoms with Crippen LogP contribution in [0.4, 0.5) is 0 Å². The number of ketones is 2. The topological polar surface area (TPSA) is 105 Å². The Morgan fingerprint density at radius 2 is 1.54 bits per heavy atom. The van der Waals surface area contributed by atoms with Gasteiger partial charge in [-0.05, 0) is 51.4 Å². The van der Waals surface area contributed by atoms with Crippen molar-refractivity contribution in [2.24, 2.45) is 16.6 Å². The molecule has 0 fully saturated rings. The third-order valence-corrected chi connectivity index (χ3v) is 7.19. The monoisotopic (exact) mass is 545 g/mol. The zero-order valence-corrected chi connectivity index (χ0v) is 22.5. The van der Waals surface area contributed by atoms with E-state index in [4.69, 9.17) is 19.9 Å². The Hall–Kier alpha value is -2.61. The molecule has 2 aliphatic carbocycles. The Labute approximate surface area is 214 Å². The number of rotatable bonds is 6. The molecule has 0 bridgehead atoms. The van der Waals surface area contributed by atoms with Gasteiger partial charge in [0.2, 0.25) is 0 Å². The lowest BCUT2D eigenvalue weighted by atomic mass is 9.65. The van der Waals surface area contributed by atoms with Gasteiger partial charge in [0, 0.05) is 42.7 Å². The van der Waals surface area contributed by atoms with E-state index in [0.29, 0.717) is 70.9 Å². The molecule has 4 rings (SSSR count). The van der Waals surface area contributed by atoms with Gasteiger partial charge in [0.1, 0.15) is 11.5 Å². The predicted octanol–water partition coefficient (Wildman–Crippen LogP) is 5.11. The van der Waals surface area contributed by atoms with E-state index in [2.05, 4.69) is 43.6 Å². The van der Waals surface area contributed by atoms with Crippen LogP contribution < -0.4 is 15.2 Å². The van der Waals surface area contributed by atoms with Gasteiger partial charge in [0.05, 0.1) is 11.1 Å². The largest absolute Gasteiger partial charge is 0.490 e. The maximum Gasteiger partial charge on any atom is 0.255 e. The molecule has 188 valence electrons. The molecule has 8 heteroatoms. The minimum Gasteiger partial charge on any atom is -0.490 e. The highest BCUT2D eigenvalue weighted by atomic mass is 79.9. The fourth-order valence-electron chi connectivity index (χ4n) is 5.31. The number of Topliss-reactive ketones (excluding diaryl/α,β-unsaturated/α-hetero) is 2. The lowest BCUT2D eigenvalue weighted by Gasteiger charge is -2.42. The maximum atomic E-state index is 13.5. The van der Waals surface area contributed by atoms with Gasteiger partial charge < -0.3 is 19.9 Å². The zero-order valence-electron chi connectivity index (χ0n) is 20.9. The molecule has 0 atom stereocenters. The average molecular weight is 546 g/mol. The summed E-state index contributed by atoms with van der Waals surface area (Å²) in [5, 5.41) is 0. The molecule has 1 aromatic carbocycles. The van der Waals surface area contributed by atoms with E-state index in [-0.39, 0.29) is 29.0 Å². The second-order valence-corrected chi connectivity index (χ2v) is 12.0. The van der Waals surface area contributed by atoms with Crippen LogP contribution >= 0.6 is 15.9 Å². The Kier molecular flexibility index (Phi) is 6.64. The van der Waals surface area contributed by atoms with Crippen LogP contribution in [0.5, 0.6) is 11.5 Å². The van der Waals surface area contributed by atoms with Gasteiger partial charge in [-0.15, -0.1) is 0 Å². The number of allylic oxidation sites excluding steroid dienone is 4. The molecule has 35 heavy (non-hydrogen) atoms. The number of nitrogens with two attached hydrogens (primary N) is 1. The molecule has 1 aromatic rings. The van der Waals surface area contributed by atoms with E-state index in [1.165, 1.54) is 0 Å². The summed E-state index contributed by atoms with van der Waals surface area (Å²) in [5.74, 6) is 0.887. The number of primary amides is 1. The van der Waals surface area contributed by atoms with E-state index < -0.39 is 11.8 Å².